The van der Waals surface area contributed by atoms with Gasteiger partial charge in [-0.15, -0.1) is 0 Å². The van der Waals surface area contributed by atoms with E-state index in [1.807, 2.05) is 4.90 Å². The monoisotopic (exact) mass is 493 g/mol. The number of nitro groups is 1. The Kier molecular flexibility index (Phi) is 9.35. The predicted octanol–water partition coefficient (Wildman–Crippen LogP) is 3.58. The second kappa shape index (κ2) is 11.5. The van der Waals surface area contributed by atoms with Gasteiger partial charge in [-0.25, -0.2) is 9.59 Å². The number of ether oxygens (including phenoxy) is 1. The minimum atomic E-state index is -5.08. The molecule has 0 unspecified atom stereocenters. The van der Waals surface area contributed by atoms with Crippen LogP contribution in [-0.4, -0.2) is 76.0 Å². The van der Waals surface area contributed by atoms with Crippen molar-refractivity contribution in [3.63, 3.8) is 0 Å². The maximum Gasteiger partial charge on any atom is 0.490 e. The fourth-order valence-corrected chi connectivity index (χ4v) is 4.25. The molecule has 1 aromatic carbocycles. The smallest absolute Gasteiger partial charge is 0.475 e. The lowest BCUT2D eigenvalue weighted by atomic mass is 9.88. The molecule has 0 bridgehead atoms. The van der Waals surface area contributed by atoms with Crippen LogP contribution in [0.2, 0.25) is 0 Å². The third kappa shape index (κ3) is 8.07. The van der Waals surface area contributed by atoms with Gasteiger partial charge in [0, 0.05) is 30.0 Å². The van der Waals surface area contributed by atoms with Gasteiger partial charge in [0.15, 0.2) is 0 Å². The van der Waals surface area contributed by atoms with Crippen LogP contribution in [0.5, 0.6) is 0 Å². The van der Waals surface area contributed by atoms with Crippen LogP contribution in [0.1, 0.15) is 24.8 Å². The number of non-ortho nitro benzene ring substituents is 1. The molecule has 9 nitrogen and oxygen atoms in total. The molecule has 2 heterocycles. The highest BCUT2D eigenvalue weighted by atomic mass is 32.1. The lowest BCUT2D eigenvalue weighted by Crippen LogP contribution is -2.44. The van der Waals surface area contributed by atoms with E-state index in [1.165, 1.54) is 12.1 Å². The molecule has 33 heavy (non-hydrogen) atoms. The van der Waals surface area contributed by atoms with E-state index >= 15 is 0 Å². The number of hydrogen-bond acceptors (Lipinski definition) is 7. The zero-order valence-corrected chi connectivity index (χ0v) is 18.8. The number of amides is 1. The number of nitro benzene ring substituents is 1. The Balaban J connectivity index is 0.000000479. The first-order valence-corrected chi connectivity index (χ1v) is 10.7. The van der Waals surface area contributed by atoms with Crippen molar-refractivity contribution >= 4 is 30.4 Å². The number of carbonyl (C=O) groups is 2. The summed E-state index contributed by atoms with van der Waals surface area (Å²) >= 11 is 4.59. The molecule has 2 aliphatic heterocycles. The fourth-order valence-electron chi connectivity index (χ4n) is 3.86. The molecule has 1 amide bonds. The van der Waals surface area contributed by atoms with Crippen LogP contribution in [0.15, 0.2) is 24.3 Å². The van der Waals surface area contributed by atoms with E-state index < -0.39 is 17.1 Å². The van der Waals surface area contributed by atoms with Crippen molar-refractivity contribution in [2.24, 2.45) is 5.92 Å². The van der Waals surface area contributed by atoms with Gasteiger partial charge in [0.25, 0.3) is 5.69 Å². The van der Waals surface area contributed by atoms with E-state index in [-0.39, 0.29) is 29.7 Å². The van der Waals surface area contributed by atoms with Crippen molar-refractivity contribution in [3.05, 3.63) is 39.9 Å². The average molecular weight is 494 g/mol. The normalized spacial score (nSPS) is 21.8. The third-order valence-electron chi connectivity index (χ3n) is 5.62. The number of piperidine rings is 1. The fraction of sp³-hybridized carbons (Fsp3) is 0.600. The highest BCUT2D eigenvalue weighted by Crippen LogP contribution is 2.33. The zero-order chi connectivity index (χ0) is 24.8. The molecular weight excluding hydrogens is 467 g/mol. The molecule has 0 radical (unpaired) electrons. The Morgan fingerprint density at radius 1 is 1.24 bits per heavy atom. The van der Waals surface area contributed by atoms with E-state index in [0.717, 1.165) is 37.9 Å². The van der Waals surface area contributed by atoms with Gasteiger partial charge in [0.05, 0.1) is 4.92 Å². The maximum atomic E-state index is 12.6. The number of nitrogens with zero attached hydrogens (tertiary/aromatic N) is 3. The molecule has 2 fully saturated rings. The van der Waals surface area contributed by atoms with Gasteiger partial charge < -0.3 is 19.6 Å². The first-order chi connectivity index (χ1) is 15.4. The summed E-state index contributed by atoms with van der Waals surface area (Å²) in [5, 5.41) is 18.0. The first kappa shape index (κ1) is 26.7. The molecule has 0 spiro atoms. The van der Waals surface area contributed by atoms with Gasteiger partial charge in [0.1, 0.15) is 6.61 Å². The van der Waals surface area contributed by atoms with Crippen LogP contribution in [-0.2, 0) is 16.1 Å². The summed E-state index contributed by atoms with van der Waals surface area (Å²) in [5.74, 6) is -2.26. The van der Waals surface area contributed by atoms with E-state index in [1.54, 1.807) is 12.1 Å². The minimum absolute atomic E-state index is 0.0277. The molecule has 184 valence electrons. The van der Waals surface area contributed by atoms with Crippen LogP contribution in [0.3, 0.4) is 0 Å². The van der Waals surface area contributed by atoms with Crippen molar-refractivity contribution in [2.75, 3.05) is 26.7 Å². The summed E-state index contributed by atoms with van der Waals surface area (Å²) in [7, 11) is 2.13. The number of carboxylic acid groups (broad SMARTS) is 1. The zero-order valence-electron chi connectivity index (χ0n) is 17.9. The maximum absolute atomic E-state index is 12.6. The van der Waals surface area contributed by atoms with Crippen molar-refractivity contribution in [1.29, 1.82) is 0 Å². The van der Waals surface area contributed by atoms with Crippen molar-refractivity contribution in [3.8, 4) is 0 Å². The highest BCUT2D eigenvalue weighted by Gasteiger charge is 2.40. The number of benzene rings is 1. The van der Waals surface area contributed by atoms with Gasteiger partial charge in [-0.05, 0) is 63.0 Å². The topological polar surface area (TPSA) is 113 Å². The standard InChI is InChI=1S/C18H25N3O4S.C2HF3O2/c1-19-8-6-14(7-9-19)17-10-16(26)11-20(17)18(22)25-12-13-2-4-15(5-3-13)21(23)24;3-2(4,5)1(6)7/h2-5,14,16-17,26H,6-12H2,1H3;(H,6,7)/t16-,17-;/m0./s1. The van der Waals surface area contributed by atoms with Gasteiger partial charge in [0.2, 0.25) is 0 Å². The first-order valence-electron chi connectivity index (χ1n) is 10.2. The van der Waals surface area contributed by atoms with Crippen molar-refractivity contribution < 1.29 is 37.5 Å². The number of rotatable bonds is 4. The number of alkyl halides is 3. The van der Waals surface area contributed by atoms with E-state index in [9.17, 15) is 28.1 Å². The minimum Gasteiger partial charge on any atom is -0.475 e. The van der Waals surface area contributed by atoms with Crippen LogP contribution in [0.4, 0.5) is 23.7 Å². The molecule has 2 atom stereocenters. The third-order valence-corrected chi connectivity index (χ3v) is 5.99. The summed E-state index contributed by atoms with van der Waals surface area (Å²) in [6, 6.07) is 6.26. The summed E-state index contributed by atoms with van der Waals surface area (Å²) < 4.78 is 37.2. The van der Waals surface area contributed by atoms with Gasteiger partial charge in [-0.1, -0.05) is 0 Å². The largest absolute Gasteiger partial charge is 0.490 e. The number of thiol groups is 1. The lowest BCUT2D eigenvalue weighted by Gasteiger charge is -2.36. The number of aliphatic carboxylic acids is 1. The molecule has 2 aliphatic rings. The van der Waals surface area contributed by atoms with Crippen molar-refractivity contribution in [2.45, 2.75) is 43.3 Å². The Labute approximate surface area is 194 Å². The lowest BCUT2D eigenvalue weighted by molar-refractivity contribution is -0.384. The molecule has 0 aliphatic carbocycles. The second-order valence-electron chi connectivity index (χ2n) is 8.03. The second-order valence-corrected chi connectivity index (χ2v) is 8.76. The summed E-state index contributed by atoms with van der Waals surface area (Å²) in [6.45, 7) is 2.85. The number of halogens is 3. The Morgan fingerprint density at radius 2 is 1.79 bits per heavy atom. The van der Waals surface area contributed by atoms with E-state index in [0.29, 0.717) is 12.5 Å². The molecule has 2 saturated heterocycles. The van der Waals surface area contributed by atoms with Gasteiger partial charge in [-0.3, -0.25) is 10.1 Å². The SMILES string of the molecule is CN1CCC([C@@H]2C[C@H](S)CN2C(=O)OCc2ccc([N+](=O)[O-])cc2)CC1.O=C(O)C(F)(F)F. The Hall–Kier alpha value is -2.54. The highest BCUT2D eigenvalue weighted by molar-refractivity contribution is 7.81. The average Bonchev–Trinajstić information content (AvgIpc) is 3.14. The van der Waals surface area contributed by atoms with Crippen LogP contribution >= 0.6 is 12.6 Å². The molecule has 1 N–H and O–H groups in total. The Morgan fingerprint density at radius 3 is 2.27 bits per heavy atom. The predicted molar refractivity (Wildman–Crippen MR) is 115 cm³/mol. The molecule has 0 aromatic heterocycles. The van der Waals surface area contributed by atoms with E-state index in [2.05, 4.69) is 24.6 Å². The molecule has 0 saturated carbocycles. The summed E-state index contributed by atoms with van der Waals surface area (Å²) in [4.78, 5) is 35.9. The van der Waals surface area contributed by atoms with Crippen LogP contribution < -0.4 is 0 Å². The van der Waals surface area contributed by atoms with Crippen molar-refractivity contribution in [1.82, 2.24) is 9.80 Å². The van der Waals surface area contributed by atoms with Gasteiger partial charge in [-0.2, -0.15) is 25.8 Å². The number of carboxylic acids is 1. The van der Waals surface area contributed by atoms with Gasteiger partial charge >= 0.3 is 18.2 Å². The molecule has 3 rings (SSSR count). The summed E-state index contributed by atoms with van der Waals surface area (Å²) in [5.41, 5.74) is 0.765. The summed E-state index contributed by atoms with van der Waals surface area (Å²) in [6.07, 6.45) is -2.31. The molecule has 13 heteroatoms. The number of hydrogen-bond donors (Lipinski definition) is 2. The number of likely N-dealkylation sites (tertiary alicyclic amines) is 2. The Bertz CT molecular complexity index is 831. The molecule has 1 aromatic rings. The van der Waals surface area contributed by atoms with Crippen LogP contribution in [0, 0.1) is 16.0 Å². The quantitative estimate of drug-likeness (QED) is 0.375. The van der Waals surface area contributed by atoms with Crippen LogP contribution in [0.25, 0.3) is 0 Å². The molecular formula is C20H26F3N3O6S. The van der Waals surface area contributed by atoms with E-state index in [4.69, 9.17) is 14.6 Å². The number of carbonyl (C=O) groups excluding carboxylic acids is 1.